The Balaban J connectivity index is 2.36. The van der Waals surface area contributed by atoms with Crippen molar-refractivity contribution in [2.45, 2.75) is 13.0 Å². The molecule has 0 aliphatic heterocycles. The summed E-state index contributed by atoms with van der Waals surface area (Å²) in [6, 6.07) is 4.62. The van der Waals surface area contributed by atoms with Gasteiger partial charge >= 0.3 is 0 Å². The maximum atomic E-state index is 13.0. The zero-order valence-corrected chi connectivity index (χ0v) is 9.37. The number of nitrogens with zero attached hydrogens (tertiary/aromatic N) is 2. The van der Waals surface area contributed by atoms with Crippen LogP contribution in [0.2, 0.25) is 0 Å². The van der Waals surface area contributed by atoms with Crippen LogP contribution in [-0.2, 0) is 7.05 Å². The highest BCUT2D eigenvalue weighted by molar-refractivity contribution is 5.78. The van der Waals surface area contributed by atoms with Crippen molar-refractivity contribution in [2.75, 3.05) is 11.9 Å². The number of aryl methyl sites for hydroxylation is 1. The van der Waals surface area contributed by atoms with Crippen LogP contribution in [0.15, 0.2) is 18.2 Å². The molecule has 0 amide bonds. The molecule has 0 saturated heterocycles. The zero-order valence-electron chi connectivity index (χ0n) is 9.37. The molecule has 1 aromatic heterocycles. The number of halogens is 1. The van der Waals surface area contributed by atoms with Crippen LogP contribution in [0.25, 0.3) is 11.0 Å². The summed E-state index contributed by atoms with van der Waals surface area (Å²) in [5.74, 6) is 0.433. The van der Waals surface area contributed by atoms with E-state index in [0.29, 0.717) is 18.0 Å². The third kappa shape index (κ3) is 1.99. The molecular weight excluding hydrogens is 207 g/mol. The van der Waals surface area contributed by atoms with E-state index < -0.39 is 0 Å². The minimum Gasteiger partial charge on any atom is -0.354 e. The van der Waals surface area contributed by atoms with Crippen molar-refractivity contribution in [2.24, 2.45) is 12.8 Å². The summed E-state index contributed by atoms with van der Waals surface area (Å²) in [6.07, 6.45) is 0. The number of rotatable bonds is 3. The maximum Gasteiger partial charge on any atom is 0.203 e. The van der Waals surface area contributed by atoms with E-state index in [4.69, 9.17) is 5.73 Å². The van der Waals surface area contributed by atoms with Crippen LogP contribution in [0, 0.1) is 5.82 Å². The molecular formula is C11H15FN4. The van der Waals surface area contributed by atoms with Crippen molar-refractivity contribution in [3.63, 3.8) is 0 Å². The number of nitrogens with one attached hydrogen (secondary N) is 1. The van der Waals surface area contributed by atoms with Crippen molar-refractivity contribution in [3.05, 3.63) is 24.0 Å². The summed E-state index contributed by atoms with van der Waals surface area (Å²) in [5.41, 5.74) is 7.19. The van der Waals surface area contributed by atoms with E-state index in [1.165, 1.54) is 12.1 Å². The Morgan fingerprint density at radius 3 is 3.00 bits per heavy atom. The van der Waals surface area contributed by atoms with Gasteiger partial charge in [-0.05, 0) is 19.1 Å². The first-order valence-electron chi connectivity index (χ1n) is 5.19. The highest BCUT2D eigenvalue weighted by atomic mass is 19.1. The van der Waals surface area contributed by atoms with Crippen LogP contribution in [0.4, 0.5) is 10.3 Å². The fourth-order valence-corrected chi connectivity index (χ4v) is 1.58. The molecule has 1 aromatic carbocycles. The van der Waals surface area contributed by atoms with E-state index in [-0.39, 0.29) is 11.9 Å². The van der Waals surface area contributed by atoms with Crippen LogP contribution in [0.1, 0.15) is 6.92 Å². The quantitative estimate of drug-likeness (QED) is 0.826. The molecule has 0 aliphatic rings. The van der Waals surface area contributed by atoms with Gasteiger partial charge in [0.2, 0.25) is 5.95 Å². The Bertz CT molecular complexity index is 504. The van der Waals surface area contributed by atoms with E-state index >= 15 is 0 Å². The molecule has 5 heteroatoms. The summed E-state index contributed by atoms with van der Waals surface area (Å²) in [4.78, 5) is 4.30. The van der Waals surface area contributed by atoms with Crippen molar-refractivity contribution in [1.82, 2.24) is 9.55 Å². The van der Waals surface area contributed by atoms with Crippen molar-refractivity contribution < 1.29 is 4.39 Å². The molecule has 16 heavy (non-hydrogen) atoms. The summed E-state index contributed by atoms with van der Waals surface area (Å²) >= 11 is 0. The molecule has 0 radical (unpaired) electrons. The Hall–Kier alpha value is -1.62. The summed E-state index contributed by atoms with van der Waals surface area (Å²) in [7, 11) is 1.89. The lowest BCUT2D eigenvalue weighted by Crippen LogP contribution is -2.26. The zero-order chi connectivity index (χ0) is 11.7. The number of hydrogen-bond acceptors (Lipinski definition) is 3. The fraction of sp³-hybridized carbons (Fsp3) is 0.364. The Labute approximate surface area is 93.3 Å². The second-order valence-corrected chi connectivity index (χ2v) is 3.99. The van der Waals surface area contributed by atoms with Gasteiger partial charge in [-0.3, -0.25) is 0 Å². The lowest BCUT2D eigenvalue weighted by molar-refractivity contribution is 0.629. The van der Waals surface area contributed by atoms with E-state index in [1.807, 2.05) is 18.5 Å². The molecule has 0 fully saturated rings. The number of hydrogen-bond donors (Lipinski definition) is 2. The fourth-order valence-electron chi connectivity index (χ4n) is 1.58. The smallest absolute Gasteiger partial charge is 0.203 e. The molecule has 2 rings (SSSR count). The van der Waals surface area contributed by atoms with Gasteiger partial charge in [0, 0.05) is 25.7 Å². The van der Waals surface area contributed by atoms with Gasteiger partial charge in [-0.15, -0.1) is 0 Å². The van der Waals surface area contributed by atoms with Crippen LogP contribution < -0.4 is 11.1 Å². The van der Waals surface area contributed by atoms with Gasteiger partial charge in [0.15, 0.2) is 0 Å². The van der Waals surface area contributed by atoms with Crippen LogP contribution in [0.3, 0.4) is 0 Å². The molecule has 1 heterocycles. The van der Waals surface area contributed by atoms with Crippen LogP contribution in [0.5, 0.6) is 0 Å². The normalized spacial score (nSPS) is 13.0. The lowest BCUT2D eigenvalue weighted by Gasteiger charge is -2.08. The van der Waals surface area contributed by atoms with E-state index in [1.54, 1.807) is 6.07 Å². The molecule has 2 aromatic rings. The average molecular weight is 222 g/mol. The number of imidazole rings is 1. The summed E-state index contributed by atoms with van der Waals surface area (Å²) in [5, 5.41) is 3.13. The van der Waals surface area contributed by atoms with Gasteiger partial charge in [0.05, 0.1) is 11.0 Å². The van der Waals surface area contributed by atoms with Crippen molar-refractivity contribution >= 4 is 17.0 Å². The molecule has 86 valence electrons. The van der Waals surface area contributed by atoms with Gasteiger partial charge in [0.25, 0.3) is 0 Å². The SMILES string of the molecule is CC(N)CNc1nc2cc(F)ccc2n1C. The first-order chi connectivity index (χ1) is 7.58. The molecule has 1 unspecified atom stereocenters. The molecule has 0 bridgehead atoms. The Kier molecular flexibility index (Phi) is 2.78. The lowest BCUT2D eigenvalue weighted by atomic mass is 10.3. The molecule has 1 atom stereocenters. The van der Waals surface area contributed by atoms with Gasteiger partial charge in [-0.25, -0.2) is 9.37 Å². The Morgan fingerprint density at radius 1 is 1.56 bits per heavy atom. The number of aromatic nitrogens is 2. The van der Waals surface area contributed by atoms with Crippen LogP contribution in [-0.4, -0.2) is 22.1 Å². The molecule has 3 N–H and O–H groups in total. The third-order valence-corrected chi connectivity index (χ3v) is 2.43. The minimum atomic E-state index is -0.274. The van der Waals surface area contributed by atoms with Gasteiger partial charge in [0.1, 0.15) is 5.82 Å². The average Bonchev–Trinajstić information content (AvgIpc) is 2.52. The van der Waals surface area contributed by atoms with Crippen molar-refractivity contribution in [3.8, 4) is 0 Å². The van der Waals surface area contributed by atoms with Crippen molar-refractivity contribution in [1.29, 1.82) is 0 Å². The van der Waals surface area contributed by atoms with Crippen LogP contribution >= 0.6 is 0 Å². The molecule has 4 nitrogen and oxygen atoms in total. The Morgan fingerprint density at radius 2 is 2.31 bits per heavy atom. The molecule has 0 spiro atoms. The largest absolute Gasteiger partial charge is 0.354 e. The van der Waals surface area contributed by atoms with E-state index in [9.17, 15) is 4.39 Å². The minimum absolute atomic E-state index is 0.0524. The second kappa shape index (κ2) is 4.09. The predicted molar refractivity (Wildman–Crippen MR) is 62.8 cm³/mol. The molecule has 0 aliphatic carbocycles. The van der Waals surface area contributed by atoms with E-state index in [2.05, 4.69) is 10.3 Å². The monoisotopic (exact) mass is 222 g/mol. The first kappa shape index (κ1) is 10.9. The highest BCUT2D eigenvalue weighted by Crippen LogP contribution is 2.18. The van der Waals surface area contributed by atoms with Gasteiger partial charge in [-0.2, -0.15) is 0 Å². The van der Waals surface area contributed by atoms with E-state index in [0.717, 1.165) is 5.52 Å². The molecule has 0 saturated carbocycles. The number of nitrogens with two attached hydrogens (primary N) is 1. The third-order valence-electron chi connectivity index (χ3n) is 2.43. The number of fused-ring (bicyclic) bond motifs is 1. The highest BCUT2D eigenvalue weighted by Gasteiger charge is 2.08. The maximum absolute atomic E-state index is 13.0. The summed E-state index contributed by atoms with van der Waals surface area (Å²) in [6.45, 7) is 2.55. The topological polar surface area (TPSA) is 55.9 Å². The predicted octanol–water partition coefficient (Wildman–Crippen LogP) is 1.47. The number of anilines is 1. The standard InChI is InChI=1S/C11H15FN4/c1-7(13)6-14-11-15-9-5-8(12)3-4-10(9)16(11)2/h3-5,7H,6,13H2,1-2H3,(H,14,15). The number of benzene rings is 1. The second-order valence-electron chi connectivity index (χ2n) is 3.99. The van der Waals surface area contributed by atoms with Gasteiger partial charge in [-0.1, -0.05) is 0 Å². The summed E-state index contributed by atoms with van der Waals surface area (Å²) < 4.78 is 14.9. The first-order valence-corrected chi connectivity index (χ1v) is 5.19. The van der Waals surface area contributed by atoms with Gasteiger partial charge < -0.3 is 15.6 Å².